The van der Waals surface area contributed by atoms with Gasteiger partial charge in [-0.25, -0.2) is 9.59 Å². The highest BCUT2D eigenvalue weighted by molar-refractivity contribution is 5.81. The summed E-state index contributed by atoms with van der Waals surface area (Å²) >= 11 is 0. The van der Waals surface area contributed by atoms with Gasteiger partial charge in [-0.2, -0.15) is 0 Å². The van der Waals surface area contributed by atoms with Gasteiger partial charge in [0.2, 0.25) is 0 Å². The topological polar surface area (TPSA) is 137 Å². The summed E-state index contributed by atoms with van der Waals surface area (Å²) in [5.41, 5.74) is -1.79. The molecule has 0 aliphatic carbocycles. The highest BCUT2D eigenvalue weighted by Gasteiger charge is 2.44. The lowest BCUT2D eigenvalue weighted by molar-refractivity contribution is -0.167. The minimum Gasteiger partial charge on any atom is -0.477 e. The summed E-state index contributed by atoms with van der Waals surface area (Å²) < 4.78 is 21.1. The van der Waals surface area contributed by atoms with Crippen LogP contribution >= 0.6 is 0 Å². The van der Waals surface area contributed by atoms with Crippen LogP contribution in [-0.4, -0.2) is 47.5 Å². The van der Waals surface area contributed by atoms with E-state index in [9.17, 15) is 24.3 Å². The Hall–Kier alpha value is -3.14. The summed E-state index contributed by atoms with van der Waals surface area (Å²) in [5.74, 6) is -1.80. The van der Waals surface area contributed by atoms with Gasteiger partial charge in [0.25, 0.3) is 5.72 Å². The second kappa shape index (κ2) is 16.0. The van der Waals surface area contributed by atoms with Crippen LogP contribution in [0, 0.1) is 11.8 Å². The fraction of sp³-hybridized carbons (Fsp3) is 0.643. The number of carboxylic acid groups (broad SMARTS) is 1. The molecule has 0 fully saturated rings. The van der Waals surface area contributed by atoms with Crippen molar-refractivity contribution in [1.29, 1.82) is 0 Å². The molecule has 1 unspecified atom stereocenters. The first-order chi connectivity index (χ1) is 17.8. The first-order valence-corrected chi connectivity index (χ1v) is 13.2. The second-order valence-corrected chi connectivity index (χ2v) is 10.1. The zero-order chi connectivity index (χ0) is 28.9. The Morgan fingerprint density at radius 2 is 1.45 bits per heavy atom. The summed E-state index contributed by atoms with van der Waals surface area (Å²) in [6.45, 7) is 13.1. The predicted molar refractivity (Wildman–Crippen MR) is 141 cm³/mol. The number of ether oxygens (including phenoxy) is 4. The van der Waals surface area contributed by atoms with Crippen LogP contribution in [0.3, 0.4) is 0 Å². The van der Waals surface area contributed by atoms with E-state index in [0.29, 0.717) is 30.7 Å². The van der Waals surface area contributed by atoms with Gasteiger partial charge in [0.1, 0.15) is 0 Å². The van der Waals surface area contributed by atoms with Crippen molar-refractivity contribution in [2.75, 3.05) is 6.61 Å². The fourth-order valence-electron chi connectivity index (χ4n) is 3.36. The molecule has 1 rings (SSSR count). The molecule has 0 bridgehead atoms. The van der Waals surface area contributed by atoms with Gasteiger partial charge in [0.15, 0.2) is 11.5 Å². The van der Waals surface area contributed by atoms with E-state index in [1.54, 1.807) is 13.8 Å². The predicted octanol–water partition coefficient (Wildman–Crippen LogP) is 5.25. The van der Waals surface area contributed by atoms with Crippen LogP contribution in [0.5, 0.6) is 11.5 Å². The van der Waals surface area contributed by atoms with Crippen molar-refractivity contribution in [3.8, 4) is 11.5 Å². The van der Waals surface area contributed by atoms with Crippen molar-refractivity contribution in [1.82, 2.24) is 5.32 Å². The molecular formula is C28H43NO9. The highest BCUT2D eigenvalue weighted by Crippen LogP contribution is 2.32. The lowest BCUT2D eigenvalue weighted by Gasteiger charge is -2.32. The van der Waals surface area contributed by atoms with Crippen molar-refractivity contribution >= 4 is 24.1 Å². The Morgan fingerprint density at radius 3 is 1.92 bits per heavy atom. The lowest BCUT2D eigenvalue weighted by atomic mass is 10.00. The maximum absolute atomic E-state index is 12.5. The molecule has 0 saturated heterocycles. The molecule has 0 radical (unpaired) electrons. The molecule has 0 aromatic heterocycles. The molecule has 214 valence electrons. The van der Waals surface area contributed by atoms with Gasteiger partial charge in [0.05, 0.1) is 6.61 Å². The summed E-state index contributed by atoms with van der Waals surface area (Å²) in [6, 6.07) is 4.06. The largest absolute Gasteiger partial charge is 0.510 e. The van der Waals surface area contributed by atoms with E-state index in [-0.39, 0.29) is 49.3 Å². The number of carbonyl (C=O) groups is 4. The molecule has 0 spiro atoms. The van der Waals surface area contributed by atoms with Crippen molar-refractivity contribution < 1.29 is 43.2 Å². The molecular weight excluding hydrogens is 494 g/mol. The molecule has 0 aliphatic rings. The standard InChI is InChI=1S/C28H43NO9/c1-8-20(7)29-28(26(32)33,38-27(34)35-9-2)17-21-12-13-22(36-24(30)14-10-18(3)4)23(16-21)37-25(31)15-11-19(5)6/h12-13,16,18-20,29H,8-11,14-15,17H2,1-7H3,(H,32,33)/t20?,28-/m0/s1. The molecule has 38 heavy (non-hydrogen) atoms. The zero-order valence-electron chi connectivity index (χ0n) is 23.6. The molecule has 2 atom stereocenters. The molecule has 2 N–H and O–H groups in total. The van der Waals surface area contributed by atoms with E-state index in [4.69, 9.17) is 18.9 Å². The number of rotatable bonds is 16. The molecule has 10 heteroatoms. The van der Waals surface area contributed by atoms with Gasteiger partial charge in [0, 0.05) is 25.3 Å². The maximum Gasteiger partial charge on any atom is 0.510 e. The first-order valence-electron chi connectivity index (χ1n) is 13.2. The molecule has 0 amide bonds. The summed E-state index contributed by atoms with van der Waals surface area (Å²) in [5, 5.41) is 13.0. The molecule has 0 saturated carbocycles. The van der Waals surface area contributed by atoms with Crippen LogP contribution in [-0.2, 0) is 30.3 Å². The summed E-state index contributed by atoms with van der Waals surface area (Å²) in [6.07, 6.45) is 0.693. The van der Waals surface area contributed by atoms with Gasteiger partial charge in [-0.05, 0) is 62.6 Å². The number of hydrogen-bond donors (Lipinski definition) is 2. The summed E-state index contributed by atoms with van der Waals surface area (Å²) in [7, 11) is 0. The number of esters is 2. The SMILES string of the molecule is CCOC(=O)O[C@](Cc1ccc(OC(=O)CCC(C)C)c(OC(=O)CCC(C)C)c1)(NC(C)CC)C(=O)O. The van der Waals surface area contributed by atoms with Gasteiger partial charge in [-0.1, -0.05) is 40.7 Å². The molecule has 1 aromatic carbocycles. The van der Waals surface area contributed by atoms with Gasteiger partial charge in [-0.3, -0.25) is 14.9 Å². The van der Waals surface area contributed by atoms with Crippen molar-refractivity contribution in [3.05, 3.63) is 23.8 Å². The van der Waals surface area contributed by atoms with Crippen LogP contribution in [0.15, 0.2) is 18.2 Å². The monoisotopic (exact) mass is 537 g/mol. The van der Waals surface area contributed by atoms with Gasteiger partial charge >= 0.3 is 24.1 Å². The van der Waals surface area contributed by atoms with E-state index < -0.39 is 29.8 Å². The molecule has 10 nitrogen and oxygen atoms in total. The van der Waals surface area contributed by atoms with Crippen LogP contribution in [0.1, 0.15) is 86.1 Å². The number of carboxylic acids is 1. The molecule has 0 aliphatic heterocycles. The van der Waals surface area contributed by atoms with E-state index in [0.717, 1.165) is 0 Å². The van der Waals surface area contributed by atoms with Crippen molar-refractivity contribution in [2.24, 2.45) is 11.8 Å². The number of carbonyl (C=O) groups excluding carboxylic acids is 3. The second-order valence-electron chi connectivity index (χ2n) is 10.1. The van der Waals surface area contributed by atoms with E-state index in [1.165, 1.54) is 18.2 Å². The van der Waals surface area contributed by atoms with Gasteiger partial charge in [-0.15, -0.1) is 0 Å². The lowest BCUT2D eigenvalue weighted by Crippen LogP contribution is -2.59. The van der Waals surface area contributed by atoms with Gasteiger partial charge < -0.3 is 24.1 Å². The first kappa shape index (κ1) is 32.9. The Bertz CT molecular complexity index is 944. The van der Waals surface area contributed by atoms with Crippen LogP contribution < -0.4 is 14.8 Å². The van der Waals surface area contributed by atoms with Crippen LogP contribution in [0.4, 0.5) is 4.79 Å². The quantitative estimate of drug-likeness (QED) is 0.163. The van der Waals surface area contributed by atoms with Crippen molar-refractivity contribution in [3.63, 3.8) is 0 Å². The minimum atomic E-state index is -2.16. The number of hydrogen-bond acceptors (Lipinski definition) is 9. The van der Waals surface area contributed by atoms with Crippen LogP contribution in [0.2, 0.25) is 0 Å². The third kappa shape index (κ3) is 11.5. The Morgan fingerprint density at radius 1 is 0.895 bits per heavy atom. The third-order valence-corrected chi connectivity index (χ3v) is 5.72. The van der Waals surface area contributed by atoms with E-state index in [2.05, 4.69) is 5.32 Å². The highest BCUT2D eigenvalue weighted by atomic mass is 16.7. The Labute approximate surface area is 225 Å². The fourth-order valence-corrected chi connectivity index (χ4v) is 3.36. The third-order valence-electron chi connectivity index (χ3n) is 5.72. The molecule has 1 aromatic rings. The van der Waals surface area contributed by atoms with E-state index in [1.807, 2.05) is 34.6 Å². The number of nitrogens with one attached hydrogen (secondary N) is 1. The van der Waals surface area contributed by atoms with Crippen LogP contribution in [0.25, 0.3) is 0 Å². The average Bonchev–Trinajstić information content (AvgIpc) is 2.82. The van der Waals surface area contributed by atoms with E-state index >= 15 is 0 Å². The Kier molecular flexibility index (Phi) is 13.8. The summed E-state index contributed by atoms with van der Waals surface area (Å²) in [4.78, 5) is 49.5. The molecule has 0 heterocycles. The minimum absolute atomic E-state index is 0.00517. The smallest absolute Gasteiger partial charge is 0.477 e. The average molecular weight is 538 g/mol. The zero-order valence-corrected chi connectivity index (χ0v) is 23.6. The number of benzene rings is 1. The maximum atomic E-state index is 12.5. The number of aliphatic carboxylic acids is 1. The van der Waals surface area contributed by atoms with Crippen molar-refractivity contribution in [2.45, 2.75) is 98.8 Å². The Balaban J connectivity index is 3.39. The normalized spacial score (nSPS) is 13.5.